The van der Waals surface area contributed by atoms with Gasteiger partial charge in [-0.1, -0.05) is 13.0 Å². The van der Waals surface area contributed by atoms with Gasteiger partial charge in [-0.2, -0.15) is 5.10 Å². The van der Waals surface area contributed by atoms with Crippen LogP contribution in [0, 0.1) is 19.8 Å². The van der Waals surface area contributed by atoms with Crippen molar-refractivity contribution in [3.63, 3.8) is 0 Å². The smallest absolute Gasteiger partial charge is 0.319 e. The molecule has 0 radical (unpaired) electrons. The van der Waals surface area contributed by atoms with Crippen molar-refractivity contribution in [2.75, 3.05) is 11.9 Å². The van der Waals surface area contributed by atoms with Crippen LogP contribution < -0.4 is 16.0 Å². The van der Waals surface area contributed by atoms with Gasteiger partial charge in [-0.3, -0.25) is 4.79 Å². The Balaban J connectivity index is 1.79. The van der Waals surface area contributed by atoms with Gasteiger partial charge in [0.15, 0.2) is 0 Å². The molecule has 1 fully saturated rings. The van der Waals surface area contributed by atoms with Crippen LogP contribution in [0.15, 0.2) is 30.6 Å². The van der Waals surface area contributed by atoms with Crippen LogP contribution in [0.25, 0.3) is 5.69 Å². The molecule has 7 heteroatoms. The van der Waals surface area contributed by atoms with Crippen molar-refractivity contribution in [3.05, 3.63) is 41.7 Å². The maximum absolute atomic E-state index is 12.4. The minimum absolute atomic E-state index is 0.102. The number of rotatable bonds is 3. The molecule has 2 heterocycles. The molecule has 2 aromatic rings. The molecule has 1 aliphatic heterocycles. The lowest BCUT2D eigenvalue weighted by Gasteiger charge is -2.29. The number of aryl methyl sites for hydroxylation is 2. The van der Waals surface area contributed by atoms with E-state index in [0.717, 1.165) is 23.2 Å². The third kappa shape index (κ3) is 3.81. The molecule has 25 heavy (non-hydrogen) atoms. The van der Waals surface area contributed by atoms with Crippen molar-refractivity contribution >= 4 is 17.6 Å². The number of hydrogen-bond acceptors (Lipinski definition) is 3. The second kappa shape index (κ2) is 6.96. The highest BCUT2D eigenvalue weighted by Crippen LogP contribution is 2.22. The predicted molar refractivity (Wildman–Crippen MR) is 95.8 cm³/mol. The molecule has 1 aromatic carbocycles. The first-order valence-electron chi connectivity index (χ1n) is 8.41. The number of urea groups is 1. The largest absolute Gasteiger partial charge is 0.354 e. The van der Waals surface area contributed by atoms with E-state index in [1.807, 2.05) is 45.2 Å². The zero-order chi connectivity index (χ0) is 18.0. The number of piperidine rings is 1. The lowest BCUT2D eigenvalue weighted by Crippen LogP contribution is -2.55. The highest BCUT2D eigenvalue weighted by atomic mass is 16.2. The van der Waals surface area contributed by atoms with Crippen molar-refractivity contribution in [1.82, 2.24) is 20.4 Å². The number of nitrogens with one attached hydrogen (secondary N) is 3. The van der Waals surface area contributed by atoms with E-state index in [1.54, 1.807) is 10.9 Å². The second-order valence-electron chi connectivity index (χ2n) is 6.62. The highest BCUT2D eigenvalue weighted by Gasteiger charge is 2.30. The lowest BCUT2D eigenvalue weighted by molar-refractivity contribution is -0.125. The Hall–Kier alpha value is -2.83. The molecule has 0 aliphatic carbocycles. The van der Waals surface area contributed by atoms with Crippen molar-refractivity contribution in [2.45, 2.75) is 33.2 Å². The summed E-state index contributed by atoms with van der Waals surface area (Å²) in [6, 6.07) is 4.84. The average Bonchev–Trinajstić information content (AvgIpc) is 2.97. The third-order valence-corrected chi connectivity index (χ3v) is 4.40. The second-order valence-corrected chi connectivity index (χ2v) is 6.62. The molecule has 0 bridgehead atoms. The summed E-state index contributed by atoms with van der Waals surface area (Å²) in [5.41, 5.74) is 3.47. The average molecular weight is 341 g/mol. The van der Waals surface area contributed by atoms with E-state index in [4.69, 9.17) is 0 Å². The summed E-state index contributed by atoms with van der Waals surface area (Å²) < 4.78 is 1.72. The minimum Gasteiger partial charge on any atom is -0.354 e. The zero-order valence-electron chi connectivity index (χ0n) is 14.7. The number of carbonyl (C=O) groups is 2. The van der Waals surface area contributed by atoms with Gasteiger partial charge in [0, 0.05) is 12.7 Å². The Morgan fingerprint density at radius 2 is 2.12 bits per heavy atom. The third-order valence-electron chi connectivity index (χ3n) is 4.40. The molecule has 132 valence electrons. The summed E-state index contributed by atoms with van der Waals surface area (Å²) in [5.74, 6) is -0.0358. The zero-order valence-corrected chi connectivity index (χ0v) is 14.7. The number of nitrogens with zero attached hydrogens (tertiary/aromatic N) is 2. The van der Waals surface area contributed by atoms with Gasteiger partial charge in [-0.05, 0) is 49.4 Å². The summed E-state index contributed by atoms with van der Waals surface area (Å²) >= 11 is 0. The summed E-state index contributed by atoms with van der Waals surface area (Å²) in [6.07, 6.45) is 4.50. The van der Waals surface area contributed by atoms with Gasteiger partial charge < -0.3 is 16.0 Å². The van der Waals surface area contributed by atoms with Crippen LogP contribution in [0.5, 0.6) is 0 Å². The van der Waals surface area contributed by atoms with Crippen LogP contribution in [0.3, 0.4) is 0 Å². The van der Waals surface area contributed by atoms with E-state index in [9.17, 15) is 9.59 Å². The Labute approximate surface area is 146 Å². The minimum atomic E-state index is -0.519. The predicted octanol–water partition coefficient (Wildman–Crippen LogP) is 2.14. The molecule has 1 saturated heterocycles. The Morgan fingerprint density at radius 1 is 1.32 bits per heavy atom. The van der Waals surface area contributed by atoms with Crippen molar-refractivity contribution < 1.29 is 9.59 Å². The quantitative estimate of drug-likeness (QED) is 0.799. The number of aromatic nitrogens is 2. The first-order valence-corrected chi connectivity index (χ1v) is 8.41. The molecular formula is C18H23N5O2. The first kappa shape index (κ1) is 17.0. The van der Waals surface area contributed by atoms with Gasteiger partial charge in [0.1, 0.15) is 6.04 Å². The van der Waals surface area contributed by atoms with Crippen molar-refractivity contribution in [1.29, 1.82) is 0 Å². The fourth-order valence-electron chi connectivity index (χ4n) is 2.96. The summed E-state index contributed by atoms with van der Waals surface area (Å²) in [6.45, 7) is 6.53. The van der Waals surface area contributed by atoms with Crippen LogP contribution in [0.1, 0.15) is 24.5 Å². The molecule has 1 aliphatic rings. The fraction of sp³-hybridized carbons (Fsp3) is 0.389. The number of hydrogen-bond donors (Lipinski definition) is 3. The molecule has 1 aromatic heterocycles. The van der Waals surface area contributed by atoms with Crippen LogP contribution in [-0.2, 0) is 4.79 Å². The highest BCUT2D eigenvalue weighted by molar-refractivity contribution is 5.95. The molecule has 3 rings (SSSR count). The van der Waals surface area contributed by atoms with Crippen molar-refractivity contribution in [3.8, 4) is 5.69 Å². The van der Waals surface area contributed by atoms with Crippen LogP contribution >= 0.6 is 0 Å². The summed E-state index contributed by atoms with van der Waals surface area (Å²) in [7, 11) is 0. The molecule has 3 N–H and O–H groups in total. The standard InChI is InChI=1S/C18H23N5O2/c1-11-4-5-15(23-10-12(2)9-20-23)14(8-11)21-18(25)22-16-13(3)6-7-19-17(16)24/h4-5,8-10,13,16H,6-7H2,1-3H3,(H,19,24)(H2,21,22,25)/t13-,16-/m1/s1. The number of amides is 3. The monoisotopic (exact) mass is 341 g/mol. The van der Waals surface area contributed by atoms with E-state index in [1.165, 1.54) is 0 Å². The molecule has 3 amide bonds. The lowest BCUT2D eigenvalue weighted by atomic mass is 9.94. The van der Waals surface area contributed by atoms with Gasteiger partial charge in [-0.15, -0.1) is 0 Å². The molecule has 7 nitrogen and oxygen atoms in total. The molecule has 0 spiro atoms. The van der Waals surface area contributed by atoms with E-state index < -0.39 is 12.1 Å². The Bertz CT molecular complexity index is 799. The molecule has 0 saturated carbocycles. The van der Waals surface area contributed by atoms with Crippen LogP contribution in [0.2, 0.25) is 0 Å². The van der Waals surface area contributed by atoms with E-state index in [0.29, 0.717) is 12.2 Å². The summed E-state index contributed by atoms with van der Waals surface area (Å²) in [4.78, 5) is 24.4. The van der Waals surface area contributed by atoms with Crippen LogP contribution in [-0.4, -0.2) is 34.3 Å². The molecule has 0 unspecified atom stereocenters. The van der Waals surface area contributed by atoms with Gasteiger partial charge in [0.2, 0.25) is 5.91 Å². The molecular weight excluding hydrogens is 318 g/mol. The van der Waals surface area contributed by atoms with Gasteiger partial charge in [0.05, 0.1) is 17.6 Å². The topological polar surface area (TPSA) is 88.1 Å². The SMILES string of the molecule is Cc1ccc(-n2cc(C)cn2)c(NC(=O)N[C@H]2C(=O)NCC[C@H]2C)c1. The van der Waals surface area contributed by atoms with E-state index in [-0.39, 0.29) is 11.8 Å². The maximum Gasteiger partial charge on any atom is 0.319 e. The fourth-order valence-corrected chi connectivity index (χ4v) is 2.96. The number of carbonyl (C=O) groups excluding carboxylic acids is 2. The summed E-state index contributed by atoms with van der Waals surface area (Å²) in [5, 5.41) is 12.7. The molecule has 2 atom stereocenters. The normalized spacial score (nSPS) is 20.0. The number of anilines is 1. The first-order chi connectivity index (χ1) is 11.9. The van der Waals surface area contributed by atoms with E-state index >= 15 is 0 Å². The Morgan fingerprint density at radius 3 is 2.80 bits per heavy atom. The van der Waals surface area contributed by atoms with Crippen molar-refractivity contribution in [2.24, 2.45) is 5.92 Å². The van der Waals surface area contributed by atoms with Gasteiger partial charge in [0.25, 0.3) is 0 Å². The van der Waals surface area contributed by atoms with Gasteiger partial charge >= 0.3 is 6.03 Å². The Kier molecular flexibility index (Phi) is 4.74. The number of benzene rings is 1. The van der Waals surface area contributed by atoms with E-state index in [2.05, 4.69) is 21.0 Å². The van der Waals surface area contributed by atoms with Crippen LogP contribution in [0.4, 0.5) is 10.5 Å². The maximum atomic E-state index is 12.4. The van der Waals surface area contributed by atoms with Gasteiger partial charge in [-0.25, -0.2) is 9.48 Å².